The number of nitrogens with zero attached hydrogens (tertiary/aromatic N) is 1. The first-order chi connectivity index (χ1) is 9.71. The van der Waals surface area contributed by atoms with Gasteiger partial charge in [-0.15, -0.1) is 0 Å². The van der Waals surface area contributed by atoms with Gasteiger partial charge >= 0.3 is 0 Å². The lowest BCUT2D eigenvalue weighted by molar-refractivity contribution is -0.110. The van der Waals surface area contributed by atoms with Crippen LogP contribution in [0.25, 0.3) is 0 Å². The number of carbonyl (C=O) groups excluding carboxylic acids is 1. The highest BCUT2D eigenvalue weighted by Crippen LogP contribution is 2.46. The summed E-state index contributed by atoms with van der Waals surface area (Å²) in [5.74, 6) is 1.98. The van der Waals surface area contributed by atoms with E-state index in [4.69, 9.17) is 4.99 Å². The van der Waals surface area contributed by atoms with Crippen LogP contribution in [-0.4, -0.2) is 29.7 Å². The number of hydrogen-bond donors (Lipinski definition) is 2. The molecule has 0 amide bonds. The Kier molecular flexibility index (Phi) is 2.43. The maximum absolute atomic E-state index is 11.0. The first-order valence-corrected chi connectivity index (χ1v) is 7.33. The van der Waals surface area contributed by atoms with Crippen LogP contribution in [-0.2, 0) is 4.79 Å². The van der Waals surface area contributed by atoms with E-state index in [0.717, 1.165) is 37.1 Å². The van der Waals surface area contributed by atoms with Crippen molar-refractivity contribution in [1.82, 2.24) is 10.6 Å². The average molecular weight is 269 g/mol. The van der Waals surface area contributed by atoms with Crippen LogP contribution in [0.3, 0.4) is 0 Å². The van der Waals surface area contributed by atoms with E-state index in [1.165, 1.54) is 0 Å². The van der Waals surface area contributed by atoms with E-state index < -0.39 is 0 Å². The summed E-state index contributed by atoms with van der Waals surface area (Å²) >= 11 is 0. The summed E-state index contributed by atoms with van der Waals surface area (Å²) in [5, 5.41) is 6.83. The number of aldehydes is 1. The third-order valence-corrected chi connectivity index (χ3v) is 4.72. The number of amidine groups is 1. The third-order valence-electron chi connectivity index (χ3n) is 4.72. The first-order valence-electron chi connectivity index (χ1n) is 7.33. The van der Waals surface area contributed by atoms with Crippen LogP contribution < -0.4 is 10.6 Å². The monoisotopic (exact) mass is 269 g/mol. The third kappa shape index (κ3) is 1.90. The zero-order valence-electron chi connectivity index (χ0n) is 11.4. The molecule has 0 aromatic carbocycles. The van der Waals surface area contributed by atoms with Crippen molar-refractivity contribution in [2.45, 2.75) is 36.9 Å². The number of hydrogen-bond acceptors (Lipinski definition) is 4. The molecule has 20 heavy (non-hydrogen) atoms. The molecule has 0 bridgehead atoms. The van der Waals surface area contributed by atoms with Gasteiger partial charge in [0.05, 0.1) is 17.6 Å². The highest BCUT2D eigenvalue weighted by molar-refractivity contribution is 5.90. The minimum Gasteiger partial charge on any atom is -0.377 e. The molecule has 0 saturated heterocycles. The molecule has 2 saturated carbocycles. The lowest BCUT2D eigenvalue weighted by atomic mass is 10.1. The van der Waals surface area contributed by atoms with Gasteiger partial charge in [-0.3, -0.25) is 4.99 Å². The highest BCUT2D eigenvalue weighted by atomic mass is 16.1. The second-order valence-electron chi connectivity index (χ2n) is 6.32. The van der Waals surface area contributed by atoms with Crippen molar-refractivity contribution >= 4 is 12.1 Å². The number of carbonyl (C=O) groups is 1. The number of fused-ring (bicyclic) bond motifs is 1. The van der Waals surface area contributed by atoms with Crippen molar-refractivity contribution in [2.24, 2.45) is 16.8 Å². The second kappa shape index (κ2) is 4.08. The Bertz CT molecular complexity index is 556. The van der Waals surface area contributed by atoms with Crippen molar-refractivity contribution in [3.05, 3.63) is 36.6 Å². The molecule has 0 aromatic heterocycles. The predicted molar refractivity (Wildman–Crippen MR) is 78.3 cm³/mol. The molecule has 0 radical (unpaired) electrons. The van der Waals surface area contributed by atoms with Crippen LogP contribution in [0.4, 0.5) is 0 Å². The van der Waals surface area contributed by atoms with E-state index >= 15 is 0 Å². The van der Waals surface area contributed by atoms with Crippen molar-refractivity contribution < 1.29 is 4.79 Å². The van der Waals surface area contributed by atoms with E-state index in [9.17, 15) is 4.79 Å². The van der Waals surface area contributed by atoms with Crippen LogP contribution >= 0.6 is 0 Å². The Labute approximate surface area is 118 Å². The van der Waals surface area contributed by atoms with Gasteiger partial charge in [-0.25, -0.2) is 0 Å². The number of aliphatic imine (C=N–C) groups is 1. The largest absolute Gasteiger partial charge is 0.377 e. The zero-order chi connectivity index (χ0) is 13.7. The minimum absolute atomic E-state index is 0.252. The SMILES string of the molecule is C=C(NC1(C=O)CC1)C1CC1C1=NC2C=CC=CC2N1. The van der Waals surface area contributed by atoms with Crippen LogP contribution in [0.1, 0.15) is 19.3 Å². The van der Waals surface area contributed by atoms with E-state index in [1.807, 2.05) is 0 Å². The Morgan fingerprint density at radius 2 is 2.25 bits per heavy atom. The molecule has 2 N–H and O–H groups in total. The fourth-order valence-electron chi connectivity index (χ4n) is 3.13. The van der Waals surface area contributed by atoms with Crippen molar-refractivity contribution in [3.63, 3.8) is 0 Å². The van der Waals surface area contributed by atoms with Crippen molar-refractivity contribution in [2.75, 3.05) is 0 Å². The quantitative estimate of drug-likeness (QED) is 0.740. The molecule has 4 aliphatic rings. The summed E-state index contributed by atoms with van der Waals surface area (Å²) < 4.78 is 0. The van der Waals surface area contributed by atoms with Crippen LogP contribution in [0.2, 0.25) is 0 Å². The van der Waals surface area contributed by atoms with E-state index in [1.54, 1.807) is 0 Å². The smallest absolute Gasteiger partial charge is 0.145 e. The maximum atomic E-state index is 11.0. The van der Waals surface area contributed by atoms with Gasteiger partial charge in [0, 0.05) is 17.5 Å². The van der Waals surface area contributed by atoms with Crippen LogP contribution in [0.5, 0.6) is 0 Å². The molecular formula is C16H19N3O. The van der Waals surface area contributed by atoms with Gasteiger partial charge in [-0.1, -0.05) is 30.9 Å². The lowest BCUT2D eigenvalue weighted by Gasteiger charge is -2.15. The molecule has 0 spiro atoms. The summed E-state index contributed by atoms with van der Waals surface area (Å²) in [6.07, 6.45) is 12.4. The Morgan fingerprint density at radius 3 is 2.95 bits per heavy atom. The first kappa shape index (κ1) is 11.9. The molecule has 4 heteroatoms. The zero-order valence-corrected chi connectivity index (χ0v) is 11.4. The van der Waals surface area contributed by atoms with Gasteiger partial charge in [0.25, 0.3) is 0 Å². The predicted octanol–water partition coefficient (Wildman–Crippen LogP) is 1.32. The van der Waals surface area contributed by atoms with E-state index in [-0.39, 0.29) is 11.6 Å². The van der Waals surface area contributed by atoms with Gasteiger partial charge in [0.15, 0.2) is 0 Å². The minimum atomic E-state index is -0.297. The summed E-state index contributed by atoms with van der Waals surface area (Å²) in [6.45, 7) is 4.12. The molecule has 1 heterocycles. The van der Waals surface area contributed by atoms with E-state index in [2.05, 4.69) is 41.5 Å². The molecule has 1 aliphatic heterocycles. The highest BCUT2D eigenvalue weighted by Gasteiger charge is 2.49. The second-order valence-corrected chi connectivity index (χ2v) is 6.32. The molecule has 4 unspecified atom stereocenters. The summed E-state index contributed by atoms with van der Waals surface area (Å²) in [4.78, 5) is 15.8. The summed E-state index contributed by atoms with van der Waals surface area (Å²) in [6, 6.07) is 0.574. The van der Waals surface area contributed by atoms with Crippen molar-refractivity contribution in [1.29, 1.82) is 0 Å². The fourth-order valence-corrected chi connectivity index (χ4v) is 3.13. The normalized spacial score (nSPS) is 38.5. The number of nitrogens with one attached hydrogen (secondary N) is 2. The molecule has 3 aliphatic carbocycles. The Hall–Kier alpha value is -1.84. The Balaban J connectivity index is 1.38. The molecule has 104 valence electrons. The maximum Gasteiger partial charge on any atom is 0.145 e. The average Bonchev–Trinajstić information content (AvgIpc) is 3.36. The number of rotatable bonds is 5. The topological polar surface area (TPSA) is 53.5 Å². The van der Waals surface area contributed by atoms with Crippen LogP contribution in [0.15, 0.2) is 41.6 Å². The van der Waals surface area contributed by atoms with Gasteiger partial charge in [-0.2, -0.15) is 0 Å². The van der Waals surface area contributed by atoms with Gasteiger partial charge in [0.1, 0.15) is 12.1 Å². The standard InChI is InChI=1S/C16H19N3O/c1-10(19-16(9-20)6-7-16)11-8-12(11)15-17-13-4-2-3-5-14(13)18-15/h2-5,9,11-14,19H,1,6-8H2,(H,17,18). The van der Waals surface area contributed by atoms with Gasteiger partial charge in [0.2, 0.25) is 0 Å². The molecule has 2 fully saturated rings. The molecule has 0 aromatic rings. The molecule has 4 rings (SSSR count). The van der Waals surface area contributed by atoms with Gasteiger partial charge < -0.3 is 15.4 Å². The number of allylic oxidation sites excluding steroid dienone is 3. The molecular weight excluding hydrogens is 250 g/mol. The van der Waals surface area contributed by atoms with E-state index in [0.29, 0.717) is 17.9 Å². The fraction of sp³-hybridized carbons (Fsp3) is 0.500. The summed E-state index contributed by atoms with van der Waals surface area (Å²) in [7, 11) is 0. The van der Waals surface area contributed by atoms with Gasteiger partial charge in [-0.05, 0) is 19.3 Å². The van der Waals surface area contributed by atoms with Crippen molar-refractivity contribution in [3.8, 4) is 0 Å². The Morgan fingerprint density at radius 1 is 1.45 bits per heavy atom. The summed E-state index contributed by atoms with van der Waals surface area (Å²) in [5.41, 5.74) is 0.708. The molecule has 4 atom stereocenters. The van der Waals surface area contributed by atoms with Crippen LogP contribution in [0, 0.1) is 11.8 Å². The molecule has 4 nitrogen and oxygen atoms in total. The lowest BCUT2D eigenvalue weighted by Crippen LogP contribution is -2.35.